The van der Waals surface area contributed by atoms with Crippen LogP contribution in [0.2, 0.25) is 0 Å². The van der Waals surface area contributed by atoms with Gasteiger partial charge in [0, 0.05) is 23.8 Å². The van der Waals surface area contributed by atoms with Crippen LogP contribution in [0.3, 0.4) is 0 Å². The van der Waals surface area contributed by atoms with Crippen molar-refractivity contribution in [2.75, 3.05) is 12.4 Å². The molecule has 3 rings (SSSR count). The zero-order valence-corrected chi connectivity index (χ0v) is 14.7. The van der Waals surface area contributed by atoms with E-state index in [1.165, 1.54) is 4.68 Å². The summed E-state index contributed by atoms with van der Waals surface area (Å²) in [4.78, 5) is 20.4. The molecule has 1 atom stereocenters. The van der Waals surface area contributed by atoms with Gasteiger partial charge in [0.2, 0.25) is 5.88 Å². The molecule has 9 heteroatoms. The molecule has 0 saturated carbocycles. The smallest absolute Gasteiger partial charge is 0.268 e. The molecular weight excluding hydrogens is 336 g/mol. The number of rotatable bonds is 6. The lowest BCUT2D eigenvalue weighted by atomic mass is 10.0. The Kier molecular flexibility index (Phi) is 4.99. The second-order valence-electron chi connectivity index (χ2n) is 6.08. The Hall–Kier alpha value is -3.20. The van der Waals surface area contributed by atoms with Gasteiger partial charge in [-0.3, -0.25) is 14.7 Å². The Labute approximate surface area is 150 Å². The van der Waals surface area contributed by atoms with Gasteiger partial charge in [0.25, 0.3) is 5.91 Å². The van der Waals surface area contributed by atoms with Gasteiger partial charge in [0.05, 0.1) is 24.7 Å². The van der Waals surface area contributed by atoms with Crippen molar-refractivity contribution in [3.8, 4) is 5.88 Å². The zero-order valence-electron chi connectivity index (χ0n) is 14.7. The number of nitrogens with one attached hydrogen (secondary N) is 2. The molecule has 0 aromatic carbocycles. The molecule has 0 aliphatic rings. The van der Waals surface area contributed by atoms with Crippen molar-refractivity contribution in [2.24, 2.45) is 5.92 Å². The molecule has 0 aliphatic heterocycles. The first-order valence-electron chi connectivity index (χ1n) is 8.08. The summed E-state index contributed by atoms with van der Waals surface area (Å²) in [5, 5.41) is 17.3. The van der Waals surface area contributed by atoms with Crippen LogP contribution in [-0.2, 0) is 4.79 Å². The molecule has 3 heterocycles. The average Bonchev–Trinajstić information content (AvgIpc) is 3.09. The normalized spacial score (nSPS) is 12.2. The van der Waals surface area contributed by atoms with Gasteiger partial charge in [-0.25, -0.2) is 10.5 Å². The van der Waals surface area contributed by atoms with Crippen molar-refractivity contribution >= 4 is 28.3 Å². The first-order chi connectivity index (χ1) is 12.5. The highest BCUT2D eigenvalue weighted by molar-refractivity contribution is 5.90. The van der Waals surface area contributed by atoms with Crippen LogP contribution in [0.5, 0.6) is 5.88 Å². The van der Waals surface area contributed by atoms with E-state index in [0.717, 1.165) is 11.1 Å². The van der Waals surface area contributed by atoms with E-state index in [1.54, 1.807) is 37.2 Å². The van der Waals surface area contributed by atoms with E-state index >= 15 is 0 Å². The molecule has 1 unspecified atom stereocenters. The Balaban J connectivity index is 1.90. The third-order valence-corrected chi connectivity index (χ3v) is 3.96. The molecule has 1 amide bonds. The molecule has 0 saturated heterocycles. The minimum absolute atomic E-state index is 0.0479. The van der Waals surface area contributed by atoms with Crippen LogP contribution in [0.25, 0.3) is 11.0 Å². The van der Waals surface area contributed by atoms with Crippen LogP contribution in [0.15, 0.2) is 36.8 Å². The van der Waals surface area contributed by atoms with Crippen molar-refractivity contribution in [3.63, 3.8) is 0 Å². The SMILES string of the molecule is COc1ccc2c(Nc3cnn(C(C(=O)NO)C(C)C)c3)ccnc2n1. The number of methoxy groups -OCH3 is 1. The standard InChI is InChI=1S/C17H20N6O3/c1-10(2)15(17(24)22-25)23-9-11(8-19-23)20-13-6-7-18-16-12(13)4-5-14(21-16)26-3/h4-10,15,25H,1-3H3,(H,22,24)(H,18,20,21). The maximum Gasteiger partial charge on any atom is 0.268 e. The highest BCUT2D eigenvalue weighted by Crippen LogP contribution is 2.26. The Morgan fingerprint density at radius 1 is 1.31 bits per heavy atom. The first kappa shape index (κ1) is 17.6. The van der Waals surface area contributed by atoms with Crippen LogP contribution in [0.4, 0.5) is 11.4 Å². The quantitative estimate of drug-likeness (QED) is 0.458. The lowest BCUT2D eigenvalue weighted by Crippen LogP contribution is -2.33. The predicted molar refractivity (Wildman–Crippen MR) is 95.4 cm³/mol. The van der Waals surface area contributed by atoms with E-state index in [2.05, 4.69) is 20.4 Å². The summed E-state index contributed by atoms with van der Waals surface area (Å²) in [7, 11) is 1.55. The van der Waals surface area contributed by atoms with E-state index in [1.807, 2.05) is 26.0 Å². The number of fused-ring (bicyclic) bond motifs is 1. The summed E-state index contributed by atoms with van der Waals surface area (Å²) in [6.07, 6.45) is 4.98. The van der Waals surface area contributed by atoms with Crippen LogP contribution < -0.4 is 15.5 Å². The van der Waals surface area contributed by atoms with Gasteiger partial charge >= 0.3 is 0 Å². The average molecular weight is 356 g/mol. The summed E-state index contributed by atoms with van der Waals surface area (Å²) >= 11 is 0. The van der Waals surface area contributed by atoms with Crippen molar-refractivity contribution in [2.45, 2.75) is 19.9 Å². The fourth-order valence-electron chi connectivity index (χ4n) is 2.74. The zero-order chi connectivity index (χ0) is 18.7. The summed E-state index contributed by atoms with van der Waals surface area (Å²) in [5.41, 5.74) is 3.75. The number of amides is 1. The second kappa shape index (κ2) is 7.36. The van der Waals surface area contributed by atoms with E-state index in [0.29, 0.717) is 17.2 Å². The van der Waals surface area contributed by atoms with Crippen molar-refractivity contribution in [1.82, 2.24) is 25.2 Å². The fraction of sp³-hybridized carbons (Fsp3) is 0.294. The number of carbonyl (C=O) groups excluding carboxylic acids is 1. The fourth-order valence-corrected chi connectivity index (χ4v) is 2.74. The number of nitrogens with zero attached hydrogens (tertiary/aromatic N) is 4. The van der Waals surface area contributed by atoms with E-state index in [9.17, 15) is 4.79 Å². The maximum atomic E-state index is 11.9. The van der Waals surface area contributed by atoms with Gasteiger partial charge in [-0.15, -0.1) is 0 Å². The molecule has 0 fully saturated rings. The summed E-state index contributed by atoms with van der Waals surface area (Å²) in [6, 6.07) is 4.85. The number of aromatic nitrogens is 4. The molecule has 3 aromatic heterocycles. The number of carbonyl (C=O) groups is 1. The van der Waals surface area contributed by atoms with Gasteiger partial charge in [0.15, 0.2) is 5.65 Å². The molecule has 9 nitrogen and oxygen atoms in total. The van der Waals surface area contributed by atoms with Crippen LogP contribution >= 0.6 is 0 Å². The van der Waals surface area contributed by atoms with Crippen LogP contribution in [0.1, 0.15) is 19.9 Å². The molecule has 0 bridgehead atoms. The van der Waals surface area contributed by atoms with E-state index in [4.69, 9.17) is 9.94 Å². The molecule has 26 heavy (non-hydrogen) atoms. The van der Waals surface area contributed by atoms with Crippen molar-refractivity contribution < 1.29 is 14.7 Å². The third-order valence-electron chi connectivity index (χ3n) is 3.96. The van der Waals surface area contributed by atoms with Crippen molar-refractivity contribution in [3.05, 3.63) is 36.8 Å². The molecule has 3 aromatic rings. The number of anilines is 2. The first-order valence-corrected chi connectivity index (χ1v) is 8.08. The van der Waals surface area contributed by atoms with Crippen LogP contribution in [-0.4, -0.2) is 38.0 Å². The molecule has 136 valence electrons. The third kappa shape index (κ3) is 3.42. The monoisotopic (exact) mass is 356 g/mol. The minimum Gasteiger partial charge on any atom is -0.481 e. The predicted octanol–water partition coefficient (Wildman–Crippen LogP) is 2.28. The lowest BCUT2D eigenvalue weighted by Gasteiger charge is -2.18. The number of pyridine rings is 2. The number of ether oxygens (including phenoxy) is 1. The Morgan fingerprint density at radius 3 is 2.81 bits per heavy atom. The Morgan fingerprint density at radius 2 is 2.12 bits per heavy atom. The number of hydrogen-bond donors (Lipinski definition) is 3. The molecule has 3 N–H and O–H groups in total. The van der Waals surface area contributed by atoms with Crippen LogP contribution in [0, 0.1) is 5.92 Å². The molecular formula is C17H20N6O3. The molecule has 0 aliphatic carbocycles. The van der Waals surface area contributed by atoms with Gasteiger partial charge in [-0.2, -0.15) is 10.1 Å². The lowest BCUT2D eigenvalue weighted by molar-refractivity contribution is -0.134. The maximum absolute atomic E-state index is 11.9. The summed E-state index contributed by atoms with van der Waals surface area (Å²) in [5.74, 6) is -0.0709. The minimum atomic E-state index is -0.615. The number of hydrogen-bond acceptors (Lipinski definition) is 7. The molecule has 0 radical (unpaired) electrons. The topological polar surface area (TPSA) is 114 Å². The molecule has 0 spiro atoms. The van der Waals surface area contributed by atoms with Gasteiger partial charge in [-0.05, 0) is 18.1 Å². The highest BCUT2D eigenvalue weighted by Gasteiger charge is 2.24. The Bertz CT molecular complexity index is 924. The van der Waals surface area contributed by atoms with Gasteiger partial charge in [-0.1, -0.05) is 13.8 Å². The van der Waals surface area contributed by atoms with Crippen molar-refractivity contribution in [1.29, 1.82) is 0 Å². The highest BCUT2D eigenvalue weighted by atomic mass is 16.5. The van der Waals surface area contributed by atoms with Gasteiger partial charge in [0.1, 0.15) is 6.04 Å². The van der Waals surface area contributed by atoms with E-state index < -0.39 is 11.9 Å². The number of hydroxylamine groups is 1. The van der Waals surface area contributed by atoms with Gasteiger partial charge < -0.3 is 10.1 Å². The summed E-state index contributed by atoms with van der Waals surface area (Å²) in [6.45, 7) is 3.76. The second-order valence-corrected chi connectivity index (χ2v) is 6.08. The summed E-state index contributed by atoms with van der Waals surface area (Å²) < 4.78 is 6.64. The van der Waals surface area contributed by atoms with E-state index in [-0.39, 0.29) is 5.92 Å². The largest absolute Gasteiger partial charge is 0.481 e.